The van der Waals surface area contributed by atoms with Crippen molar-refractivity contribution in [3.8, 4) is 17.2 Å². The molecule has 0 atom stereocenters. The van der Waals surface area contributed by atoms with Crippen LogP contribution in [0.15, 0.2) is 71.8 Å². The first-order chi connectivity index (χ1) is 19.7. The SMILES string of the molecule is CC1(Nc2n[nH]c3nccc(Oc4ccc(NC(=O)c5ccnn(-c6ccc(F)cc6)c5=O)cc4F)c23)CC(O)C1. The number of ether oxygens (including phenoxy) is 1. The fraction of sp³-hybridized carbons (Fsp3) is 0.179. The lowest BCUT2D eigenvalue weighted by atomic mass is 9.76. The van der Waals surface area contributed by atoms with Gasteiger partial charge in [0.1, 0.15) is 22.5 Å². The lowest BCUT2D eigenvalue weighted by molar-refractivity contribution is 0.0422. The predicted molar refractivity (Wildman–Crippen MR) is 145 cm³/mol. The lowest BCUT2D eigenvalue weighted by Crippen LogP contribution is -2.50. The number of halogens is 2. The van der Waals surface area contributed by atoms with Gasteiger partial charge in [-0.15, -0.1) is 0 Å². The highest BCUT2D eigenvalue weighted by Crippen LogP contribution is 2.39. The van der Waals surface area contributed by atoms with Gasteiger partial charge in [-0.3, -0.25) is 14.7 Å². The predicted octanol–water partition coefficient (Wildman–Crippen LogP) is 4.15. The number of nitrogens with zero attached hydrogens (tertiary/aromatic N) is 4. The highest BCUT2D eigenvalue weighted by Gasteiger charge is 2.40. The molecule has 1 amide bonds. The summed E-state index contributed by atoms with van der Waals surface area (Å²) in [5.74, 6) is -1.38. The number of aliphatic hydroxyl groups excluding tert-OH is 1. The molecule has 5 aromatic rings. The number of carbonyl (C=O) groups excluding carboxylic acids is 1. The van der Waals surface area contributed by atoms with Crippen LogP contribution in [-0.2, 0) is 0 Å². The van der Waals surface area contributed by atoms with Gasteiger partial charge in [-0.05, 0) is 62.2 Å². The van der Waals surface area contributed by atoms with E-state index < -0.39 is 23.1 Å². The minimum Gasteiger partial charge on any atom is -0.453 e. The van der Waals surface area contributed by atoms with E-state index in [1.807, 2.05) is 6.92 Å². The third-order valence-corrected chi connectivity index (χ3v) is 6.79. The van der Waals surface area contributed by atoms with E-state index in [-0.39, 0.29) is 34.3 Å². The van der Waals surface area contributed by atoms with Crippen LogP contribution < -0.4 is 20.9 Å². The summed E-state index contributed by atoms with van der Waals surface area (Å²) in [6.07, 6.45) is 3.49. The van der Waals surface area contributed by atoms with E-state index in [4.69, 9.17) is 4.74 Å². The van der Waals surface area contributed by atoms with Crippen LogP contribution in [0.5, 0.6) is 11.5 Å². The normalized spacial score (nSPS) is 18.1. The molecular weight excluding hydrogens is 536 g/mol. The van der Waals surface area contributed by atoms with E-state index in [1.165, 1.54) is 54.9 Å². The Hall–Kier alpha value is -5.17. The molecule has 2 aromatic carbocycles. The van der Waals surface area contributed by atoms with Gasteiger partial charge in [0.05, 0.1) is 11.8 Å². The van der Waals surface area contributed by atoms with E-state index in [9.17, 15) is 19.1 Å². The van der Waals surface area contributed by atoms with Crippen LogP contribution in [0.4, 0.5) is 20.3 Å². The van der Waals surface area contributed by atoms with Gasteiger partial charge in [-0.2, -0.15) is 14.9 Å². The Bertz CT molecular complexity index is 1830. The number of rotatable bonds is 7. The van der Waals surface area contributed by atoms with Crippen molar-refractivity contribution in [1.29, 1.82) is 0 Å². The number of pyridine rings is 1. The zero-order valence-electron chi connectivity index (χ0n) is 21.6. The summed E-state index contributed by atoms with van der Waals surface area (Å²) in [7, 11) is 0. The number of hydrogen-bond donors (Lipinski definition) is 4. The van der Waals surface area contributed by atoms with E-state index in [1.54, 1.807) is 6.07 Å². The number of aliphatic hydroxyl groups is 1. The number of carbonyl (C=O) groups is 1. The van der Waals surface area contributed by atoms with Gasteiger partial charge >= 0.3 is 0 Å². The van der Waals surface area contributed by atoms with Gasteiger partial charge in [0.25, 0.3) is 11.5 Å². The quantitative estimate of drug-likeness (QED) is 0.233. The smallest absolute Gasteiger partial charge is 0.284 e. The maximum Gasteiger partial charge on any atom is 0.284 e. The average molecular weight is 560 g/mol. The van der Waals surface area contributed by atoms with E-state index >= 15 is 4.39 Å². The van der Waals surface area contributed by atoms with Gasteiger partial charge in [0.15, 0.2) is 23.0 Å². The number of aromatic nitrogens is 5. The molecule has 0 radical (unpaired) electrons. The number of anilines is 2. The van der Waals surface area contributed by atoms with Crippen LogP contribution >= 0.6 is 0 Å². The largest absolute Gasteiger partial charge is 0.453 e. The Labute approximate surface area is 230 Å². The highest BCUT2D eigenvalue weighted by molar-refractivity contribution is 6.04. The molecule has 11 nitrogen and oxygen atoms in total. The first-order valence-corrected chi connectivity index (χ1v) is 12.6. The summed E-state index contributed by atoms with van der Waals surface area (Å²) in [5, 5.41) is 27.1. The maximum absolute atomic E-state index is 15.1. The van der Waals surface area contributed by atoms with Crippen molar-refractivity contribution >= 4 is 28.4 Å². The zero-order valence-corrected chi connectivity index (χ0v) is 21.6. The molecule has 41 heavy (non-hydrogen) atoms. The molecule has 13 heteroatoms. The van der Waals surface area contributed by atoms with Gasteiger partial charge in [-0.25, -0.2) is 13.8 Å². The molecule has 1 aliphatic carbocycles. The standard InChI is InChI=1S/C28H23F2N7O4/c1-28(13-18(38)14-28)34-25-23-22(9-10-31-24(23)35-36-25)41-21-7-4-16(12-20(21)30)33-26(39)19-8-11-32-37(27(19)40)17-5-2-15(29)3-6-17/h2-12,18,38H,13-14H2,1H3,(H,33,39)(H2,31,34,35,36). The number of fused-ring (bicyclic) bond motifs is 1. The topological polar surface area (TPSA) is 147 Å². The molecule has 0 spiro atoms. The number of benzene rings is 2. The zero-order chi connectivity index (χ0) is 28.7. The van der Waals surface area contributed by atoms with Crippen molar-refractivity contribution < 1.29 is 23.4 Å². The van der Waals surface area contributed by atoms with Crippen molar-refractivity contribution in [3.63, 3.8) is 0 Å². The molecule has 0 saturated heterocycles. The molecule has 208 valence electrons. The second-order valence-electron chi connectivity index (χ2n) is 9.99. The van der Waals surface area contributed by atoms with Crippen molar-refractivity contribution in [3.05, 3.63) is 94.5 Å². The number of amides is 1. The second-order valence-corrected chi connectivity index (χ2v) is 9.99. The van der Waals surface area contributed by atoms with Crippen molar-refractivity contribution in [2.45, 2.75) is 31.4 Å². The molecular formula is C28H23F2N7O4. The second kappa shape index (κ2) is 10.1. The van der Waals surface area contributed by atoms with Crippen LogP contribution in [0.3, 0.4) is 0 Å². The lowest BCUT2D eigenvalue weighted by Gasteiger charge is -2.43. The molecule has 3 aromatic heterocycles. The van der Waals surface area contributed by atoms with Crippen LogP contribution in [0.1, 0.15) is 30.1 Å². The maximum atomic E-state index is 15.1. The van der Waals surface area contributed by atoms with E-state index in [0.29, 0.717) is 35.4 Å². The summed E-state index contributed by atoms with van der Waals surface area (Å²) < 4.78 is 35.2. The summed E-state index contributed by atoms with van der Waals surface area (Å²) in [6, 6.07) is 11.7. The fourth-order valence-electron chi connectivity index (χ4n) is 4.80. The number of H-pyrrole nitrogens is 1. The van der Waals surface area contributed by atoms with Crippen LogP contribution in [0.2, 0.25) is 0 Å². The molecule has 4 N–H and O–H groups in total. The van der Waals surface area contributed by atoms with Gasteiger partial charge in [0, 0.05) is 35.8 Å². The monoisotopic (exact) mass is 559 g/mol. The number of aromatic amines is 1. The summed E-state index contributed by atoms with van der Waals surface area (Å²) >= 11 is 0. The molecule has 0 bridgehead atoms. The summed E-state index contributed by atoms with van der Waals surface area (Å²) in [5.41, 5.74) is -0.519. The van der Waals surface area contributed by atoms with Crippen molar-refractivity contribution in [2.24, 2.45) is 0 Å². The molecule has 1 saturated carbocycles. The molecule has 0 unspecified atom stereocenters. The van der Waals surface area contributed by atoms with Crippen LogP contribution in [0, 0.1) is 11.6 Å². The average Bonchev–Trinajstić information content (AvgIpc) is 3.33. The van der Waals surface area contributed by atoms with Gasteiger partial charge in [-0.1, -0.05) is 0 Å². The Kier molecular flexibility index (Phi) is 6.42. The van der Waals surface area contributed by atoms with E-state index in [0.717, 1.165) is 10.7 Å². The minimum atomic E-state index is -0.777. The molecule has 6 rings (SSSR count). The number of nitrogens with one attached hydrogen (secondary N) is 3. The highest BCUT2D eigenvalue weighted by atomic mass is 19.1. The summed E-state index contributed by atoms with van der Waals surface area (Å²) in [4.78, 5) is 30.0. The third kappa shape index (κ3) is 5.10. The third-order valence-electron chi connectivity index (χ3n) is 6.79. The molecule has 1 aliphatic rings. The Morgan fingerprint density at radius 2 is 1.88 bits per heavy atom. The van der Waals surface area contributed by atoms with Crippen LogP contribution in [0.25, 0.3) is 16.7 Å². The van der Waals surface area contributed by atoms with Gasteiger partial charge in [0.2, 0.25) is 0 Å². The number of hydrogen-bond acceptors (Lipinski definition) is 8. The Morgan fingerprint density at radius 1 is 1.10 bits per heavy atom. The Morgan fingerprint density at radius 3 is 2.61 bits per heavy atom. The first-order valence-electron chi connectivity index (χ1n) is 12.6. The van der Waals surface area contributed by atoms with E-state index in [2.05, 4.69) is 30.9 Å². The first kappa shape index (κ1) is 26.1. The molecule has 1 fully saturated rings. The van der Waals surface area contributed by atoms with Crippen molar-refractivity contribution in [1.82, 2.24) is 25.0 Å². The molecule has 0 aliphatic heterocycles. The molecule has 3 heterocycles. The summed E-state index contributed by atoms with van der Waals surface area (Å²) in [6.45, 7) is 1.97. The van der Waals surface area contributed by atoms with Gasteiger partial charge < -0.3 is 20.5 Å². The fourth-order valence-corrected chi connectivity index (χ4v) is 4.80. The minimum absolute atomic E-state index is 0.0893. The van der Waals surface area contributed by atoms with Crippen molar-refractivity contribution in [2.75, 3.05) is 10.6 Å². The van der Waals surface area contributed by atoms with Crippen LogP contribution in [-0.4, -0.2) is 47.6 Å². The Balaban J connectivity index is 1.21.